The molecule has 6 rings (SSSR count). The van der Waals surface area contributed by atoms with Crippen molar-refractivity contribution in [3.05, 3.63) is 65.5 Å². The Balaban J connectivity index is 1.49. The summed E-state index contributed by atoms with van der Waals surface area (Å²) in [5.41, 5.74) is 2.63. The molecule has 142 valence electrons. The molecule has 29 heavy (non-hydrogen) atoms. The molecule has 4 heterocycles. The van der Waals surface area contributed by atoms with Crippen LogP contribution in [-0.2, 0) is 0 Å². The lowest BCUT2D eigenvalue weighted by molar-refractivity contribution is 1.60. The van der Waals surface area contributed by atoms with Crippen LogP contribution >= 0.6 is 45.3 Å². The molecule has 0 atom stereocenters. The van der Waals surface area contributed by atoms with Gasteiger partial charge in [0.2, 0.25) is 0 Å². The first kappa shape index (κ1) is 17.7. The summed E-state index contributed by atoms with van der Waals surface area (Å²) < 4.78 is 5.61. The SMILES string of the molecule is CNc1ccc(-c2ccc3c(c2)sc2c4ccc(-c5ccc(C)s5)cc4sc32)s1. The molecule has 0 saturated carbocycles. The predicted molar refractivity (Wildman–Crippen MR) is 136 cm³/mol. The van der Waals surface area contributed by atoms with E-state index in [0.29, 0.717) is 0 Å². The average molecular weight is 448 g/mol. The maximum atomic E-state index is 3.23. The lowest BCUT2D eigenvalue weighted by Crippen LogP contribution is -1.79. The fourth-order valence-corrected chi connectivity index (χ4v) is 8.23. The Morgan fingerprint density at radius 3 is 1.72 bits per heavy atom. The molecule has 0 unspecified atom stereocenters. The third-order valence-electron chi connectivity index (χ3n) is 5.24. The molecule has 0 fully saturated rings. The van der Waals surface area contributed by atoms with E-state index < -0.39 is 0 Å². The van der Waals surface area contributed by atoms with E-state index in [9.17, 15) is 0 Å². The molecule has 0 aliphatic heterocycles. The number of thiophene rings is 4. The summed E-state index contributed by atoms with van der Waals surface area (Å²) in [6.07, 6.45) is 0. The van der Waals surface area contributed by atoms with Gasteiger partial charge in [-0.2, -0.15) is 0 Å². The highest BCUT2D eigenvalue weighted by Gasteiger charge is 2.14. The molecule has 5 heteroatoms. The van der Waals surface area contributed by atoms with Crippen molar-refractivity contribution >= 4 is 79.9 Å². The van der Waals surface area contributed by atoms with E-state index >= 15 is 0 Å². The van der Waals surface area contributed by atoms with Gasteiger partial charge in [-0.3, -0.25) is 0 Å². The fraction of sp³-hybridized carbons (Fsp3) is 0.0833. The van der Waals surface area contributed by atoms with Crippen molar-refractivity contribution in [2.45, 2.75) is 6.92 Å². The number of fused-ring (bicyclic) bond motifs is 5. The quantitative estimate of drug-likeness (QED) is 0.285. The van der Waals surface area contributed by atoms with Gasteiger partial charge in [0.1, 0.15) is 0 Å². The Morgan fingerprint density at radius 1 is 0.621 bits per heavy atom. The summed E-state index contributed by atoms with van der Waals surface area (Å²) >= 11 is 7.53. The minimum atomic E-state index is 1.20. The smallest absolute Gasteiger partial charge is 0.0886 e. The Bertz CT molecular complexity index is 1510. The molecule has 2 aromatic carbocycles. The van der Waals surface area contributed by atoms with Crippen LogP contribution in [0.1, 0.15) is 4.88 Å². The van der Waals surface area contributed by atoms with Crippen LogP contribution in [-0.4, -0.2) is 7.05 Å². The molecule has 0 aliphatic rings. The molecule has 1 N–H and O–H groups in total. The number of aryl methyl sites for hydroxylation is 1. The summed E-state index contributed by atoms with van der Waals surface area (Å²) in [5, 5.41) is 7.21. The highest BCUT2D eigenvalue weighted by Crippen LogP contribution is 2.46. The van der Waals surface area contributed by atoms with Crippen molar-refractivity contribution in [2.24, 2.45) is 0 Å². The van der Waals surface area contributed by atoms with Crippen molar-refractivity contribution in [3.63, 3.8) is 0 Å². The van der Waals surface area contributed by atoms with Gasteiger partial charge in [0.15, 0.2) is 0 Å². The van der Waals surface area contributed by atoms with Gasteiger partial charge >= 0.3 is 0 Å². The summed E-state index contributed by atoms with van der Waals surface area (Å²) in [6, 6.07) is 22.7. The number of hydrogen-bond acceptors (Lipinski definition) is 5. The third kappa shape index (κ3) is 2.84. The first-order valence-electron chi connectivity index (χ1n) is 9.43. The molecular formula is C24H17NS4. The largest absolute Gasteiger partial charge is 0.380 e. The van der Waals surface area contributed by atoms with Gasteiger partial charge in [-0.05, 0) is 54.4 Å². The van der Waals surface area contributed by atoms with Crippen LogP contribution < -0.4 is 5.32 Å². The summed E-state index contributed by atoms with van der Waals surface area (Å²) in [7, 11) is 1.97. The normalized spacial score (nSPS) is 11.8. The van der Waals surface area contributed by atoms with Crippen molar-refractivity contribution in [3.8, 4) is 20.9 Å². The number of benzene rings is 2. The van der Waals surface area contributed by atoms with Gasteiger partial charge in [-0.15, -0.1) is 45.3 Å². The molecule has 1 nitrogen and oxygen atoms in total. The van der Waals surface area contributed by atoms with E-state index in [1.807, 2.05) is 41.1 Å². The zero-order chi connectivity index (χ0) is 19.5. The number of rotatable bonds is 3. The van der Waals surface area contributed by atoms with Crippen LogP contribution in [0.4, 0.5) is 5.00 Å². The second-order valence-corrected chi connectivity index (χ2v) is 11.6. The van der Waals surface area contributed by atoms with E-state index in [2.05, 4.69) is 72.9 Å². The zero-order valence-electron chi connectivity index (χ0n) is 15.9. The topological polar surface area (TPSA) is 12.0 Å². The first-order chi connectivity index (χ1) is 14.2. The molecule has 4 aromatic heterocycles. The van der Waals surface area contributed by atoms with Gasteiger partial charge in [0, 0.05) is 41.9 Å². The molecule has 0 aliphatic carbocycles. The van der Waals surface area contributed by atoms with Gasteiger partial charge in [0.25, 0.3) is 0 Å². The van der Waals surface area contributed by atoms with Crippen molar-refractivity contribution < 1.29 is 0 Å². The third-order valence-corrected chi connectivity index (χ3v) is 9.95. The lowest BCUT2D eigenvalue weighted by atomic mass is 10.1. The molecule has 0 spiro atoms. The van der Waals surface area contributed by atoms with E-state index in [-0.39, 0.29) is 0 Å². The second-order valence-electron chi connectivity index (χ2n) is 7.11. The molecule has 0 saturated heterocycles. The number of hydrogen-bond donors (Lipinski definition) is 1. The minimum absolute atomic E-state index is 1.20. The molecule has 0 radical (unpaired) electrons. The average Bonchev–Trinajstić information content (AvgIpc) is 3.50. The van der Waals surface area contributed by atoms with E-state index in [1.165, 1.54) is 60.3 Å². The standard InChI is InChI=1S/C24H17NS4/c1-13-3-8-18(26-13)14-4-6-16-20(11-14)28-24-17-7-5-15(12-21(17)29-23(16)24)19-9-10-22(25-2)27-19/h3-12,25H,1-2H3. The minimum Gasteiger partial charge on any atom is -0.380 e. The van der Waals surface area contributed by atoms with Gasteiger partial charge in [0.05, 0.1) is 14.4 Å². The lowest BCUT2D eigenvalue weighted by Gasteiger charge is -1.99. The molecule has 0 amide bonds. The monoisotopic (exact) mass is 447 g/mol. The van der Waals surface area contributed by atoms with Crippen LogP contribution in [0.25, 0.3) is 50.5 Å². The molecule has 0 bridgehead atoms. The molecule has 6 aromatic rings. The fourth-order valence-electron chi connectivity index (χ4n) is 3.78. The summed E-state index contributed by atoms with van der Waals surface area (Å²) in [6.45, 7) is 2.17. The van der Waals surface area contributed by atoms with Crippen molar-refractivity contribution in [2.75, 3.05) is 12.4 Å². The second kappa shape index (κ2) is 6.67. The Kier molecular flexibility index (Phi) is 4.06. The van der Waals surface area contributed by atoms with Crippen LogP contribution in [0.3, 0.4) is 0 Å². The highest BCUT2D eigenvalue weighted by atomic mass is 32.1. The Morgan fingerprint density at radius 2 is 1.21 bits per heavy atom. The predicted octanol–water partition coefficient (Wildman–Crippen LogP) is 9.08. The van der Waals surface area contributed by atoms with Crippen LogP contribution in [0.2, 0.25) is 0 Å². The van der Waals surface area contributed by atoms with E-state index in [4.69, 9.17) is 0 Å². The maximum absolute atomic E-state index is 3.23. The van der Waals surface area contributed by atoms with Crippen LogP contribution in [0, 0.1) is 6.92 Å². The Hall–Kier alpha value is -2.18. The Labute approximate surface area is 184 Å². The van der Waals surface area contributed by atoms with E-state index in [1.54, 1.807) is 11.3 Å². The maximum Gasteiger partial charge on any atom is 0.0886 e. The molecular weight excluding hydrogens is 431 g/mol. The van der Waals surface area contributed by atoms with Gasteiger partial charge in [-0.25, -0.2) is 0 Å². The number of nitrogens with one attached hydrogen (secondary N) is 1. The summed E-state index contributed by atoms with van der Waals surface area (Å²) in [4.78, 5) is 4.03. The van der Waals surface area contributed by atoms with E-state index in [0.717, 1.165) is 0 Å². The number of anilines is 1. The van der Waals surface area contributed by atoms with Crippen molar-refractivity contribution in [1.82, 2.24) is 0 Å². The van der Waals surface area contributed by atoms with Crippen LogP contribution in [0.15, 0.2) is 60.7 Å². The highest BCUT2D eigenvalue weighted by molar-refractivity contribution is 7.36. The van der Waals surface area contributed by atoms with Gasteiger partial charge < -0.3 is 5.32 Å². The first-order valence-corrected chi connectivity index (χ1v) is 12.7. The van der Waals surface area contributed by atoms with Crippen molar-refractivity contribution in [1.29, 1.82) is 0 Å². The van der Waals surface area contributed by atoms with Gasteiger partial charge in [-0.1, -0.05) is 24.3 Å². The summed E-state index contributed by atoms with van der Waals surface area (Å²) in [5.74, 6) is 0. The van der Waals surface area contributed by atoms with Crippen LogP contribution in [0.5, 0.6) is 0 Å². The zero-order valence-corrected chi connectivity index (χ0v) is 19.2.